The summed E-state index contributed by atoms with van der Waals surface area (Å²) in [6.45, 7) is 6.81. The lowest BCUT2D eigenvalue weighted by molar-refractivity contribution is 0.0696. The van der Waals surface area contributed by atoms with Gasteiger partial charge in [0.2, 0.25) is 0 Å². The van der Waals surface area contributed by atoms with E-state index < -0.39 is 11.9 Å². The molecule has 0 radical (unpaired) electrons. The summed E-state index contributed by atoms with van der Waals surface area (Å²) < 4.78 is 25.3. The van der Waals surface area contributed by atoms with E-state index in [1.165, 1.54) is 18.3 Å². The van der Waals surface area contributed by atoms with Gasteiger partial charge in [0.1, 0.15) is 24.7 Å². The van der Waals surface area contributed by atoms with Crippen LogP contribution in [0.4, 0.5) is 0 Å². The van der Waals surface area contributed by atoms with Gasteiger partial charge in [-0.3, -0.25) is 4.79 Å². The van der Waals surface area contributed by atoms with E-state index >= 15 is 0 Å². The minimum absolute atomic E-state index is 0.106. The number of hydrogen-bond donors (Lipinski definition) is 2. The summed E-state index contributed by atoms with van der Waals surface area (Å²) in [4.78, 5) is 23.6. The van der Waals surface area contributed by atoms with Crippen molar-refractivity contribution in [3.8, 4) is 22.9 Å². The summed E-state index contributed by atoms with van der Waals surface area (Å²) in [7, 11) is 0. The molecule has 10 heteroatoms. The van der Waals surface area contributed by atoms with Crippen molar-refractivity contribution in [1.82, 2.24) is 9.99 Å². The van der Waals surface area contributed by atoms with Gasteiger partial charge in [-0.1, -0.05) is 12.1 Å². The smallest absolute Gasteiger partial charge is 0.335 e. The number of hydrogen-bond acceptors (Lipinski definition) is 7. The number of benzene rings is 3. The number of carboxylic acids is 1. The maximum Gasteiger partial charge on any atom is 0.335 e. The first-order valence-electron chi connectivity index (χ1n) is 14.3. The topological polar surface area (TPSA) is 125 Å². The molecule has 0 aliphatic rings. The van der Waals surface area contributed by atoms with Crippen LogP contribution in [0.3, 0.4) is 0 Å². The Balaban J connectivity index is 1.13. The maximum atomic E-state index is 12.6. The predicted molar refractivity (Wildman–Crippen MR) is 169 cm³/mol. The number of amides is 1. The SMILES string of the molecule is CCOc1cc(/C=N/NC(=O)c2ccc(COc3ccc(-n4c(C)ccc4C)cc3)o2)ccc1OCc1ccc(C(=O)O)cc1. The number of carbonyl (C=O) groups excluding carboxylic acids is 1. The largest absolute Gasteiger partial charge is 0.490 e. The zero-order valence-electron chi connectivity index (χ0n) is 25.2. The number of aromatic nitrogens is 1. The molecule has 0 aliphatic heterocycles. The van der Waals surface area contributed by atoms with Crippen LogP contribution in [0.5, 0.6) is 17.2 Å². The molecule has 2 N–H and O–H groups in total. The molecule has 0 aliphatic carbocycles. The maximum absolute atomic E-state index is 12.6. The van der Waals surface area contributed by atoms with Crippen LogP contribution in [-0.4, -0.2) is 34.4 Å². The van der Waals surface area contributed by atoms with E-state index in [0.717, 1.165) is 22.6 Å². The Hall–Kier alpha value is -5.77. The van der Waals surface area contributed by atoms with Crippen LogP contribution in [0.15, 0.2) is 101 Å². The molecule has 10 nitrogen and oxygen atoms in total. The van der Waals surface area contributed by atoms with Gasteiger partial charge in [-0.25, -0.2) is 10.2 Å². The lowest BCUT2D eigenvalue weighted by Crippen LogP contribution is -2.16. The van der Waals surface area contributed by atoms with E-state index in [4.69, 9.17) is 23.7 Å². The van der Waals surface area contributed by atoms with Crippen LogP contribution in [0.25, 0.3) is 5.69 Å². The second-order valence-corrected chi connectivity index (χ2v) is 10.1. The minimum Gasteiger partial charge on any atom is -0.490 e. The van der Waals surface area contributed by atoms with Crippen molar-refractivity contribution in [2.75, 3.05) is 6.61 Å². The highest BCUT2D eigenvalue weighted by molar-refractivity contribution is 5.92. The average Bonchev–Trinajstić information content (AvgIpc) is 3.66. The van der Waals surface area contributed by atoms with Gasteiger partial charge in [0.15, 0.2) is 17.3 Å². The Bertz CT molecular complexity index is 1780. The molecule has 0 spiro atoms. The van der Waals surface area contributed by atoms with Crippen LogP contribution in [0.2, 0.25) is 0 Å². The summed E-state index contributed by atoms with van der Waals surface area (Å²) in [5.41, 5.74) is 7.54. The summed E-state index contributed by atoms with van der Waals surface area (Å²) in [5.74, 6) is 0.839. The number of nitrogens with zero attached hydrogens (tertiary/aromatic N) is 2. The van der Waals surface area contributed by atoms with Crippen LogP contribution in [0.1, 0.15) is 56.1 Å². The van der Waals surface area contributed by atoms with Gasteiger partial charge in [0, 0.05) is 17.1 Å². The summed E-state index contributed by atoms with van der Waals surface area (Å²) in [6, 6.07) is 26.9. The second-order valence-electron chi connectivity index (χ2n) is 10.1. The van der Waals surface area contributed by atoms with Crippen molar-refractivity contribution < 1.29 is 33.3 Å². The second kappa shape index (κ2) is 14.1. The molecule has 0 saturated carbocycles. The van der Waals surface area contributed by atoms with Gasteiger partial charge >= 0.3 is 11.9 Å². The lowest BCUT2D eigenvalue weighted by Gasteiger charge is -2.12. The highest BCUT2D eigenvalue weighted by atomic mass is 16.5. The number of aromatic carboxylic acids is 1. The van der Waals surface area contributed by atoms with E-state index in [2.05, 4.69) is 41.1 Å². The number of carboxylic acid groups (broad SMARTS) is 1. The number of aryl methyl sites for hydroxylation is 2. The van der Waals surface area contributed by atoms with Crippen LogP contribution >= 0.6 is 0 Å². The highest BCUT2D eigenvalue weighted by Crippen LogP contribution is 2.29. The van der Waals surface area contributed by atoms with Crippen molar-refractivity contribution in [2.24, 2.45) is 5.10 Å². The molecular weight excluding hydrogens is 574 g/mol. The molecule has 0 saturated heterocycles. The number of hydrazone groups is 1. The number of nitrogens with one attached hydrogen (secondary N) is 1. The fourth-order valence-electron chi connectivity index (χ4n) is 4.62. The summed E-state index contributed by atoms with van der Waals surface area (Å²) in [5, 5.41) is 13.1. The van der Waals surface area contributed by atoms with Gasteiger partial charge in [0.05, 0.1) is 18.4 Å². The first kappa shape index (κ1) is 30.7. The molecule has 0 fully saturated rings. The van der Waals surface area contributed by atoms with Crippen molar-refractivity contribution >= 4 is 18.1 Å². The van der Waals surface area contributed by atoms with Crippen molar-refractivity contribution in [3.63, 3.8) is 0 Å². The normalized spacial score (nSPS) is 11.0. The molecule has 0 unspecified atom stereocenters. The standard InChI is InChI=1S/C35H33N3O7/c1-4-42-33-19-26(9-17-31(33)44-21-25-7-10-27(11-8-25)35(40)41)20-36-37-34(39)32-18-16-30(45-32)22-43-29-14-12-28(13-15-29)38-23(2)5-6-24(38)3/h5-20H,4,21-22H2,1-3H3,(H,37,39)(H,40,41)/b36-20+. The fourth-order valence-corrected chi connectivity index (χ4v) is 4.62. The molecule has 0 atom stereocenters. The van der Waals surface area contributed by atoms with Crippen molar-refractivity contribution in [1.29, 1.82) is 0 Å². The number of carbonyl (C=O) groups is 2. The average molecular weight is 608 g/mol. The molecule has 1 amide bonds. The Kier molecular flexibility index (Phi) is 9.64. The monoisotopic (exact) mass is 607 g/mol. The Labute approximate surface area is 260 Å². The Morgan fingerprint density at radius 1 is 0.844 bits per heavy atom. The van der Waals surface area contributed by atoms with Crippen molar-refractivity contribution in [2.45, 2.75) is 34.0 Å². The van der Waals surface area contributed by atoms with Gasteiger partial charge < -0.3 is 28.3 Å². The summed E-state index contributed by atoms with van der Waals surface area (Å²) in [6.07, 6.45) is 1.49. The number of furan rings is 1. The molecular formula is C35H33N3O7. The van der Waals surface area contributed by atoms with Gasteiger partial charge in [0.25, 0.3) is 0 Å². The number of rotatable bonds is 13. The quantitative estimate of drug-likeness (QED) is 0.113. The lowest BCUT2D eigenvalue weighted by atomic mass is 10.1. The van der Waals surface area contributed by atoms with Crippen LogP contribution in [0, 0.1) is 13.8 Å². The molecule has 230 valence electrons. The first-order valence-corrected chi connectivity index (χ1v) is 14.3. The third-order valence-electron chi connectivity index (χ3n) is 6.88. The van der Waals surface area contributed by atoms with E-state index in [1.54, 1.807) is 42.5 Å². The fraction of sp³-hybridized carbons (Fsp3) is 0.171. The minimum atomic E-state index is -0.982. The zero-order valence-corrected chi connectivity index (χ0v) is 25.2. The van der Waals surface area contributed by atoms with Crippen LogP contribution < -0.4 is 19.6 Å². The third-order valence-corrected chi connectivity index (χ3v) is 6.88. The van der Waals surface area contributed by atoms with E-state index in [0.29, 0.717) is 35.2 Å². The predicted octanol–water partition coefficient (Wildman–Crippen LogP) is 6.71. The van der Waals surface area contributed by atoms with Gasteiger partial charge in [-0.15, -0.1) is 0 Å². The first-order chi connectivity index (χ1) is 21.8. The van der Waals surface area contributed by atoms with E-state index in [9.17, 15) is 9.59 Å². The van der Waals surface area contributed by atoms with E-state index in [1.807, 2.05) is 31.2 Å². The third kappa shape index (κ3) is 7.80. The van der Waals surface area contributed by atoms with Crippen molar-refractivity contribution in [3.05, 3.63) is 131 Å². The Morgan fingerprint density at radius 3 is 2.27 bits per heavy atom. The Morgan fingerprint density at radius 2 is 1.58 bits per heavy atom. The molecule has 5 rings (SSSR count). The molecule has 45 heavy (non-hydrogen) atoms. The summed E-state index contributed by atoms with van der Waals surface area (Å²) >= 11 is 0. The molecule has 0 bridgehead atoms. The van der Waals surface area contributed by atoms with Gasteiger partial charge in [-0.05, 0) is 111 Å². The van der Waals surface area contributed by atoms with Gasteiger partial charge in [-0.2, -0.15) is 5.10 Å². The van der Waals surface area contributed by atoms with Crippen LogP contribution in [-0.2, 0) is 13.2 Å². The zero-order chi connectivity index (χ0) is 31.8. The number of ether oxygens (including phenoxy) is 3. The molecule has 5 aromatic rings. The van der Waals surface area contributed by atoms with E-state index in [-0.39, 0.29) is 24.5 Å². The molecule has 2 heterocycles. The highest BCUT2D eigenvalue weighted by Gasteiger charge is 2.12. The molecule has 2 aromatic heterocycles. The molecule has 3 aromatic carbocycles.